The third-order valence-electron chi connectivity index (χ3n) is 5.15. The molecule has 136 valence electrons. The highest BCUT2D eigenvalue weighted by Gasteiger charge is 2.34. The minimum absolute atomic E-state index is 0.195. The molecule has 0 radical (unpaired) electrons. The van der Waals surface area contributed by atoms with E-state index in [9.17, 15) is 9.59 Å². The molecule has 2 aliphatic rings. The van der Waals surface area contributed by atoms with Crippen LogP contribution in [0.3, 0.4) is 0 Å². The Morgan fingerprint density at radius 1 is 0.679 bits per heavy atom. The van der Waals surface area contributed by atoms with E-state index in [-0.39, 0.29) is 11.8 Å². The van der Waals surface area contributed by atoms with Gasteiger partial charge in [0.1, 0.15) is 0 Å². The molecule has 0 aliphatic carbocycles. The third kappa shape index (κ3) is 2.69. The zero-order chi connectivity index (χ0) is 19.1. The molecular weight excluding hydrogens is 366 g/mol. The molecule has 0 unspecified atom stereocenters. The van der Waals surface area contributed by atoms with Crippen molar-refractivity contribution in [2.45, 2.75) is 16.2 Å². The average Bonchev–Trinajstić information content (AvgIpc) is 2.98. The van der Waals surface area contributed by atoms with Gasteiger partial charge in [0, 0.05) is 16.3 Å². The highest BCUT2D eigenvalue weighted by molar-refractivity contribution is 7.99. The van der Waals surface area contributed by atoms with E-state index in [0.717, 1.165) is 0 Å². The van der Waals surface area contributed by atoms with E-state index in [1.54, 1.807) is 36.0 Å². The van der Waals surface area contributed by atoms with Crippen molar-refractivity contribution >= 4 is 29.1 Å². The topological polar surface area (TPSA) is 37.4 Å². The summed E-state index contributed by atoms with van der Waals surface area (Å²) in [5.41, 5.74) is 4.58. The van der Waals surface area contributed by atoms with Gasteiger partial charge in [-0.25, -0.2) is 0 Å². The van der Waals surface area contributed by atoms with Gasteiger partial charge in [-0.05, 0) is 47.4 Å². The average molecular weight is 383 g/mol. The Labute approximate surface area is 167 Å². The first-order valence-corrected chi connectivity index (χ1v) is 10.1. The summed E-state index contributed by atoms with van der Waals surface area (Å²) in [4.78, 5) is 29.0. The molecule has 0 fully saturated rings. The van der Waals surface area contributed by atoms with Crippen LogP contribution in [0.5, 0.6) is 0 Å². The molecule has 0 atom stereocenters. The number of imide groups is 1. The van der Waals surface area contributed by atoms with Crippen LogP contribution in [0.2, 0.25) is 0 Å². The van der Waals surface area contributed by atoms with Gasteiger partial charge in [-0.2, -0.15) is 0 Å². The van der Waals surface area contributed by atoms with Crippen LogP contribution < -0.4 is 0 Å². The molecule has 4 heteroatoms. The van der Waals surface area contributed by atoms with Crippen molar-refractivity contribution in [2.75, 3.05) is 6.54 Å². The number of hydrogen-bond acceptors (Lipinski definition) is 3. The highest BCUT2D eigenvalue weighted by atomic mass is 32.2. The molecule has 3 aromatic carbocycles. The molecule has 0 saturated carbocycles. The Hall–Kier alpha value is -3.11. The zero-order valence-corrected chi connectivity index (χ0v) is 15.9. The van der Waals surface area contributed by atoms with Crippen molar-refractivity contribution in [3.8, 4) is 0 Å². The fourth-order valence-electron chi connectivity index (χ4n) is 3.82. The van der Waals surface area contributed by atoms with Gasteiger partial charge >= 0.3 is 0 Å². The molecule has 0 bridgehead atoms. The first-order chi connectivity index (χ1) is 13.7. The molecule has 0 aromatic heterocycles. The van der Waals surface area contributed by atoms with Crippen LogP contribution in [0.4, 0.5) is 0 Å². The van der Waals surface area contributed by atoms with E-state index in [1.165, 1.54) is 31.4 Å². The summed E-state index contributed by atoms with van der Waals surface area (Å²) in [5.74, 6) is -0.391. The Balaban J connectivity index is 1.44. The lowest BCUT2D eigenvalue weighted by Gasteiger charge is -2.22. The van der Waals surface area contributed by atoms with E-state index < -0.39 is 0 Å². The van der Waals surface area contributed by atoms with Crippen LogP contribution in [-0.4, -0.2) is 23.3 Å². The molecular formula is C24H17NO2S. The van der Waals surface area contributed by atoms with Crippen LogP contribution in [0.1, 0.15) is 38.3 Å². The van der Waals surface area contributed by atoms with Crippen LogP contribution in [-0.2, 0) is 0 Å². The van der Waals surface area contributed by atoms with Gasteiger partial charge in [0.2, 0.25) is 0 Å². The van der Waals surface area contributed by atoms with Gasteiger partial charge in [-0.1, -0.05) is 66.4 Å². The Kier molecular flexibility index (Phi) is 4.14. The van der Waals surface area contributed by atoms with Crippen LogP contribution in [0.25, 0.3) is 5.57 Å². The number of rotatable bonds is 3. The van der Waals surface area contributed by atoms with Crippen molar-refractivity contribution in [1.29, 1.82) is 0 Å². The number of carbonyl (C=O) groups excluding carboxylic acids is 2. The predicted octanol–water partition coefficient (Wildman–Crippen LogP) is 5.27. The Morgan fingerprint density at radius 2 is 1.14 bits per heavy atom. The number of fused-ring (bicyclic) bond motifs is 3. The second-order valence-corrected chi connectivity index (χ2v) is 7.89. The number of benzene rings is 3. The Bertz CT molecular complexity index is 1070. The van der Waals surface area contributed by atoms with E-state index in [4.69, 9.17) is 0 Å². The van der Waals surface area contributed by atoms with Crippen molar-refractivity contribution in [3.05, 3.63) is 101 Å². The molecule has 5 rings (SSSR count). The summed E-state index contributed by atoms with van der Waals surface area (Å²) in [5, 5.41) is 0. The van der Waals surface area contributed by atoms with Crippen molar-refractivity contribution in [3.63, 3.8) is 0 Å². The first-order valence-electron chi connectivity index (χ1n) is 9.26. The van der Waals surface area contributed by atoms with Crippen molar-refractivity contribution in [1.82, 2.24) is 4.90 Å². The summed E-state index contributed by atoms with van der Waals surface area (Å²) in [6, 6.07) is 23.8. The van der Waals surface area contributed by atoms with Crippen LogP contribution in [0, 0.1) is 0 Å². The largest absolute Gasteiger partial charge is 0.274 e. The van der Waals surface area contributed by atoms with E-state index in [1.807, 2.05) is 12.1 Å². The SMILES string of the molecule is O=C1c2ccccc2C(=O)N1CCC=C1c2ccccc2Sc2ccccc21. The minimum Gasteiger partial charge on any atom is -0.274 e. The standard InChI is InChI=1S/C24H17NO2S/c26-23-19-10-1-2-11-20(19)24(27)25(23)15-7-12-16-17-8-3-5-13-21(17)28-22-14-6-4-9-18(16)22/h1-6,8-14H,7,15H2. The molecule has 0 saturated heterocycles. The molecule has 3 nitrogen and oxygen atoms in total. The van der Waals surface area contributed by atoms with Gasteiger partial charge in [-0.3, -0.25) is 14.5 Å². The van der Waals surface area contributed by atoms with Gasteiger partial charge in [0.05, 0.1) is 11.1 Å². The normalized spacial score (nSPS) is 14.6. The number of amides is 2. The second-order valence-electron chi connectivity index (χ2n) is 6.81. The van der Waals surface area contributed by atoms with Gasteiger partial charge < -0.3 is 0 Å². The maximum absolute atomic E-state index is 12.6. The smallest absolute Gasteiger partial charge is 0.261 e. The minimum atomic E-state index is -0.195. The first kappa shape index (κ1) is 17.0. The quantitative estimate of drug-likeness (QED) is 0.452. The molecule has 0 spiro atoms. The summed E-state index contributed by atoms with van der Waals surface area (Å²) < 4.78 is 0. The number of nitrogens with zero attached hydrogens (tertiary/aromatic N) is 1. The van der Waals surface area contributed by atoms with Crippen molar-refractivity contribution in [2.24, 2.45) is 0 Å². The van der Waals surface area contributed by atoms with E-state index >= 15 is 0 Å². The number of carbonyl (C=O) groups is 2. The molecule has 2 heterocycles. The second kappa shape index (κ2) is 6.80. The van der Waals surface area contributed by atoms with Gasteiger partial charge in [-0.15, -0.1) is 0 Å². The van der Waals surface area contributed by atoms with Crippen LogP contribution >= 0.6 is 11.8 Å². The van der Waals surface area contributed by atoms with Crippen LogP contribution in [0.15, 0.2) is 88.7 Å². The summed E-state index contributed by atoms with van der Waals surface area (Å²) >= 11 is 1.78. The van der Waals surface area contributed by atoms with E-state index in [2.05, 4.69) is 42.5 Å². The summed E-state index contributed by atoms with van der Waals surface area (Å²) in [6.45, 7) is 0.382. The third-order valence-corrected chi connectivity index (χ3v) is 6.31. The maximum atomic E-state index is 12.6. The maximum Gasteiger partial charge on any atom is 0.261 e. The fraction of sp³-hybridized carbons (Fsp3) is 0.0833. The van der Waals surface area contributed by atoms with Gasteiger partial charge in [0.25, 0.3) is 11.8 Å². The summed E-state index contributed by atoms with van der Waals surface area (Å²) in [7, 11) is 0. The lowest BCUT2D eigenvalue weighted by molar-refractivity contribution is 0.0657. The Morgan fingerprint density at radius 3 is 1.68 bits per heavy atom. The molecule has 2 aliphatic heterocycles. The highest BCUT2D eigenvalue weighted by Crippen LogP contribution is 2.45. The van der Waals surface area contributed by atoms with Crippen molar-refractivity contribution < 1.29 is 9.59 Å². The lowest BCUT2D eigenvalue weighted by atomic mass is 9.96. The fourth-order valence-corrected chi connectivity index (χ4v) is 4.93. The number of hydrogen-bond donors (Lipinski definition) is 0. The zero-order valence-electron chi connectivity index (χ0n) is 15.1. The molecule has 0 N–H and O–H groups in total. The van der Waals surface area contributed by atoms with Gasteiger partial charge in [0.15, 0.2) is 0 Å². The monoisotopic (exact) mass is 383 g/mol. The summed E-state index contributed by atoms with van der Waals surface area (Å²) in [6.07, 6.45) is 2.77. The molecule has 28 heavy (non-hydrogen) atoms. The molecule has 2 amide bonds. The predicted molar refractivity (Wildman–Crippen MR) is 111 cm³/mol. The molecule has 3 aromatic rings. The van der Waals surface area contributed by atoms with E-state index in [0.29, 0.717) is 24.1 Å². The lowest BCUT2D eigenvalue weighted by Crippen LogP contribution is -2.30.